The Bertz CT molecular complexity index is 601. The third-order valence-electron chi connectivity index (χ3n) is 3.78. The summed E-state index contributed by atoms with van der Waals surface area (Å²) in [6.45, 7) is 10.00. The predicted molar refractivity (Wildman–Crippen MR) is 87.1 cm³/mol. The number of hydrogen-bond acceptors (Lipinski definition) is 4. The number of aromatic nitrogens is 1. The maximum absolute atomic E-state index is 12.9. The largest absolute Gasteiger partial charge is 0.444 e. The van der Waals surface area contributed by atoms with Crippen LogP contribution in [0, 0.1) is 5.95 Å². The Balaban J connectivity index is 2.08. The molecule has 2 heterocycles. The van der Waals surface area contributed by atoms with Crippen LogP contribution in [-0.2, 0) is 4.74 Å². The van der Waals surface area contributed by atoms with Gasteiger partial charge in [0.1, 0.15) is 5.60 Å². The van der Waals surface area contributed by atoms with Crippen LogP contribution in [-0.4, -0.2) is 57.6 Å². The van der Waals surface area contributed by atoms with E-state index in [4.69, 9.17) is 4.74 Å². The van der Waals surface area contributed by atoms with Crippen LogP contribution < -0.4 is 0 Å². The molecular formula is C17H24FN3O3. The van der Waals surface area contributed by atoms with Crippen molar-refractivity contribution in [2.75, 3.05) is 13.1 Å². The second kappa shape index (κ2) is 6.75. The van der Waals surface area contributed by atoms with Gasteiger partial charge < -0.3 is 9.64 Å². The lowest BCUT2D eigenvalue weighted by atomic mass is 10.1. The maximum Gasteiger partial charge on any atom is 0.410 e. The second-order valence-electron chi connectivity index (χ2n) is 7.17. The minimum atomic E-state index is -0.622. The van der Waals surface area contributed by atoms with Gasteiger partial charge in [-0.25, -0.2) is 9.78 Å². The van der Waals surface area contributed by atoms with E-state index in [1.165, 1.54) is 12.3 Å². The van der Waals surface area contributed by atoms with E-state index in [0.717, 1.165) is 6.07 Å². The standard InChI is InChI=1S/C17H24FN3O3/c1-11-9-20(15(22)13-6-7-14(18)19-8-13)10-12(2)21(11)16(23)24-17(3,4)5/h6-8,11-12H,9-10H2,1-5H3/t11-,12-/m0/s1. The molecule has 2 atom stereocenters. The molecule has 7 heteroatoms. The van der Waals surface area contributed by atoms with E-state index < -0.39 is 11.5 Å². The molecule has 2 rings (SSSR count). The zero-order chi connectivity index (χ0) is 18.1. The van der Waals surface area contributed by atoms with Gasteiger partial charge in [-0.05, 0) is 46.8 Å². The summed E-state index contributed by atoms with van der Waals surface area (Å²) in [5.74, 6) is -0.840. The van der Waals surface area contributed by atoms with Gasteiger partial charge in [-0.3, -0.25) is 9.69 Å². The van der Waals surface area contributed by atoms with Crippen LogP contribution in [0.1, 0.15) is 45.0 Å². The van der Waals surface area contributed by atoms with Gasteiger partial charge in [0.15, 0.2) is 0 Å². The molecule has 132 valence electrons. The molecule has 1 saturated heterocycles. The van der Waals surface area contributed by atoms with Gasteiger partial charge in [-0.15, -0.1) is 0 Å². The topological polar surface area (TPSA) is 62.7 Å². The van der Waals surface area contributed by atoms with Gasteiger partial charge in [-0.2, -0.15) is 4.39 Å². The lowest BCUT2D eigenvalue weighted by Gasteiger charge is -2.44. The number of carbonyl (C=O) groups excluding carboxylic acids is 2. The fraction of sp³-hybridized carbons (Fsp3) is 0.588. The minimum Gasteiger partial charge on any atom is -0.444 e. The fourth-order valence-corrected chi connectivity index (χ4v) is 2.85. The molecule has 1 aromatic rings. The molecule has 1 aliphatic heterocycles. The van der Waals surface area contributed by atoms with E-state index in [9.17, 15) is 14.0 Å². The Labute approximate surface area is 141 Å². The zero-order valence-corrected chi connectivity index (χ0v) is 14.7. The van der Waals surface area contributed by atoms with E-state index in [1.807, 2.05) is 34.6 Å². The predicted octanol–water partition coefficient (Wildman–Crippen LogP) is 2.69. The third kappa shape index (κ3) is 4.21. The molecule has 24 heavy (non-hydrogen) atoms. The highest BCUT2D eigenvalue weighted by molar-refractivity contribution is 5.94. The lowest BCUT2D eigenvalue weighted by molar-refractivity contribution is -0.0130. The maximum atomic E-state index is 12.9. The van der Waals surface area contributed by atoms with Crippen molar-refractivity contribution < 1.29 is 18.7 Å². The van der Waals surface area contributed by atoms with Crippen LogP contribution in [0.2, 0.25) is 0 Å². The summed E-state index contributed by atoms with van der Waals surface area (Å²) in [6.07, 6.45) is 0.853. The fourth-order valence-electron chi connectivity index (χ4n) is 2.85. The Hall–Kier alpha value is -2.18. The van der Waals surface area contributed by atoms with Crippen molar-refractivity contribution in [2.24, 2.45) is 0 Å². The van der Waals surface area contributed by atoms with E-state index >= 15 is 0 Å². The first-order valence-electron chi connectivity index (χ1n) is 8.00. The molecule has 6 nitrogen and oxygen atoms in total. The number of ether oxygens (including phenoxy) is 1. The summed E-state index contributed by atoms with van der Waals surface area (Å²) in [5.41, 5.74) is -0.231. The van der Waals surface area contributed by atoms with E-state index in [0.29, 0.717) is 18.7 Å². The SMILES string of the molecule is C[C@H]1CN(C(=O)c2ccc(F)nc2)C[C@H](C)N1C(=O)OC(C)(C)C. The Morgan fingerprint density at radius 2 is 1.79 bits per heavy atom. The smallest absolute Gasteiger partial charge is 0.410 e. The van der Waals surface area contributed by atoms with Crippen LogP contribution in [0.3, 0.4) is 0 Å². The summed E-state index contributed by atoms with van der Waals surface area (Å²) in [4.78, 5) is 31.7. The highest BCUT2D eigenvalue weighted by Gasteiger charge is 2.37. The van der Waals surface area contributed by atoms with Crippen molar-refractivity contribution in [1.29, 1.82) is 0 Å². The number of carbonyl (C=O) groups is 2. The zero-order valence-electron chi connectivity index (χ0n) is 14.7. The first kappa shape index (κ1) is 18.2. The molecule has 0 aliphatic carbocycles. The molecule has 0 N–H and O–H groups in total. The molecule has 0 radical (unpaired) electrons. The number of pyridine rings is 1. The average Bonchev–Trinajstić information content (AvgIpc) is 2.44. The third-order valence-corrected chi connectivity index (χ3v) is 3.78. The molecule has 0 bridgehead atoms. The number of halogens is 1. The number of piperazine rings is 1. The van der Waals surface area contributed by atoms with Crippen molar-refractivity contribution in [2.45, 2.75) is 52.3 Å². The Morgan fingerprint density at radius 1 is 1.21 bits per heavy atom. The van der Waals surface area contributed by atoms with Gasteiger partial charge in [0.25, 0.3) is 5.91 Å². The number of amides is 2. The number of nitrogens with zero attached hydrogens (tertiary/aromatic N) is 3. The summed E-state index contributed by atoms with van der Waals surface area (Å²) < 4.78 is 18.3. The molecule has 1 fully saturated rings. The Kier molecular flexibility index (Phi) is 5.11. The highest BCUT2D eigenvalue weighted by atomic mass is 19.1. The molecule has 0 spiro atoms. The normalized spacial score (nSPS) is 21.6. The molecular weight excluding hydrogens is 313 g/mol. The van der Waals surface area contributed by atoms with Crippen molar-refractivity contribution in [1.82, 2.24) is 14.8 Å². The quantitative estimate of drug-likeness (QED) is 0.739. The van der Waals surface area contributed by atoms with Crippen LogP contribution in [0.4, 0.5) is 9.18 Å². The molecule has 2 amide bonds. The van der Waals surface area contributed by atoms with Crippen molar-refractivity contribution >= 4 is 12.0 Å². The summed E-state index contributed by atoms with van der Waals surface area (Å²) in [6, 6.07) is 2.22. The van der Waals surface area contributed by atoms with Crippen molar-refractivity contribution in [3.63, 3.8) is 0 Å². The molecule has 1 aliphatic rings. The van der Waals surface area contributed by atoms with Gasteiger partial charge in [0, 0.05) is 19.3 Å². The van der Waals surface area contributed by atoms with Crippen molar-refractivity contribution in [3.05, 3.63) is 29.8 Å². The van der Waals surface area contributed by atoms with Gasteiger partial charge >= 0.3 is 6.09 Å². The molecule has 0 saturated carbocycles. The van der Waals surface area contributed by atoms with Gasteiger partial charge in [0.05, 0.1) is 17.6 Å². The van der Waals surface area contributed by atoms with Crippen LogP contribution in [0.15, 0.2) is 18.3 Å². The monoisotopic (exact) mass is 337 g/mol. The summed E-state index contributed by atoms with van der Waals surface area (Å²) in [5, 5.41) is 0. The van der Waals surface area contributed by atoms with Crippen LogP contribution in [0.25, 0.3) is 0 Å². The van der Waals surface area contributed by atoms with Crippen LogP contribution >= 0.6 is 0 Å². The van der Waals surface area contributed by atoms with Crippen LogP contribution in [0.5, 0.6) is 0 Å². The molecule has 0 unspecified atom stereocenters. The summed E-state index contributed by atoms with van der Waals surface area (Å²) >= 11 is 0. The second-order valence-corrected chi connectivity index (χ2v) is 7.17. The minimum absolute atomic E-state index is 0.180. The van der Waals surface area contributed by atoms with Gasteiger partial charge in [0.2, 0.25) is 5.95 Å². The van der Waals surface area contributed by atoms with E-state index in [2.05, 4.69) is 4.98 Å². The van der Waals surface area contributed by atoms with E-state index in [1.54, 1.807) is 9.80 Å². The Morgan fingerprint density at radius 3 is 2.25 bits per heavy atom. The van der Waals surface area contributed by atoms with Crippen molar-refractivity contribution in [3.8, 4) is 0 Å². The summed E-state index contributed by atoms with van der Waals surface area (Å²) in [7, 11) is 0. The first-order valence-corrected chi connectivity index (χ1v) is 8.00. The molecule has 1 aromatic heterocycles. The van der Waals surface area contributed by atoms with Gasteiger partial charge in [-0.1, -0.05) is 0 Å². The lowest BCUT2D eigenvalue weighted by Crippen LogP contribution is -2.60. The first-order chi connectivity index (χ1) is 11.1. The highest BCUT2D eigenvalue weighted by Crippen LogP contribution is 2.21. The number of rotatable bonds is 1. The molecule has 0 aromatic carbocycles. The average molecular weight is 337 g/mol. The van der Waals surface area contributed by atoms with E-state index in [-0.39, 0.29) is 24.1 Å². The number of hydrogen-bond donors (Lipinski definition) is 0.